The van der Waals surface area contributed by atoms with E-state index in [4.69, 9.17) is 11.5 Å². The molecule has 7 nitrogen and oxygen atoms in total. The number of halogens is 3. The summed E-state index contributed by atoms with van der Waals surface area (Å²) >= 11 is 0. The van der Waals surface area contributed by atoms with Crippen molar-refractivity contribution in [3.05, 3.63) is 65.7 Å². The second-order valence-corrected chi connectivity index (χ2v) is 7.97. The lowest BCUT2D eigenvalue weighted by atomic mass is 9.91. The van der Waals surface area contributed by atoms with Gasteiger partial charge in [-0.25, -0.2) is 18.2 Å². The molecule has 33 heavy (non-hydrogen) atoms. The van der Waals surface area contributed by atoms with Gasteiger partial charge in [0.1, 0.15) is 5.82 Å². The van der Waals surface area contributed by atoms with Crippen molar-refractivity contribution in [2.75, 3.05) is 10.6 Å². The van der Waals surface area contributed by atoms with E-state index in [-0.39, 0.29) is 34.8 Å². The fourth-order valence-corrected chi connectivity index (χ4v) is 3.91. The minimum absolute atomic E-state index is 0.00514. The summed E-state index contributed by atoms with van der Waals surface area (Å²) in [5.41, 5.74) is 12.0. The monoisotopic (exact) mass is 456 g/mol. The number of nitrogens with one attached hydrogen (secondary N) is 2. The third-order valence-corrected chi connectivity index (χ3v) is 5.65. The standard InChI is InChI=1S/C23H23F3N6O/c24-16-5-3-4-14(20(16)26)12-8-13(11-29-10-12)30-22-15(21(28)33)9-17(25)23(32-22)31-19-7-2-1-6-18(19)27/h3-5,8-11,18-19H,1-2,6-7,27H2,(H2,28,33)(H2,30,31,32)/t18-,19?/m0/s1. The van der Waals surface area contributed by atoms with Crippen LogP contribution in [0.2, 0.25) is 0 Å². The Morgan fingerprint density at radius 1 is 1.03 bits per heavy atom. The highest BCUT2D eigenvalue weighted by molar-refractivity contribution is 5.98. The van der Waals surface area contributed by atoms with E-state index in [1.54, 1.807) is 0 Å². The largest absolute Gasteiger partial charge is 0.365 e. The number of primary amides is 1. The molecule has 1 fully saturated rings. The van der Waals surface area contributed by atoms with Gasteiger partial charge in [-0.15, -0.1) is 0 Å². The van der Waals surface area contributed by atoms with Crippen molar-refractivity contribution in [1.29, 1.82) is 0 Å². The zero-order valence-corrected chi connectivity index (χ0v) is 17.6. The van der Waals surface area contributed by atoms with Crippen molar-refractivity contribution in [2.45, 2.75) is 37.8 Å². The summed E-state index contributed by atoms with van der Waals surface area (Å²) in [5, 5.41) is 5.92. The molecule has 1 unspecified atom stereocenters. The van der Waals surface area contributed by atoms with E-state index in [1.165, 1.54) is 30.6 Å². The lowest BCUT2D eigenvalue weighted by Gasteiger charge is -2.30. The van der Waals surface area contributed by atoms with Gasteiger partial charge >= 0.3 is 0 Å². The van der Waals surface area contributed by atoms with Crippen LogP contribution in [-0.4, -0.2) is 28.0 Å². The van der Waals surface area contributed by atoms with Crippen molar-refractivity contribution in [2.24, 2.45) is 11.5 Å². The fourth-order valence-electron chi connectivity index (χ4n) is 3.91. The summed E-state index contributed by atoms with van der Waals surface area (Å²) in [6.07, 6.45) is 6.34. The molecule has 3 aromatic rings. The van der Waals surface area contributed by atoms with Crippen LogP contribution in [0.5, 0.6) is 0 Å². The molecule has 1 saturated carbocycles. The molecule has 1 aliphatic carbocycles. The van der Waals surface area contributed by atoms with Gasteiger partial charge in [0, 0.05) is 29.4 Å². The first-order valence-electron chi connectivity index (χ1n) is 10.5. The maximum absolute atomic E-state index is 14.7. The molecule has 2 atom stereocenters. The van der Waals surface area contributed by atoms with Crippen LogP contribution in [-0.2, 0) is 0 Å². The van der Waals surface area contributed by atoms with Crippen LogP contribution in [0.4, 0.5) is 30.5 Å². The Labute approximate surface area is 188 Å². The molecule has 1 aliphatic rings. The smallest absolute Gasteiger partial charge is 0.252 e. The molecule has 0 bridgehead atoms. The van der Waals surface area contributed by atoms with Crippen molar-refractivity contribution in [3.8, 4) is 11.1 Å². The minimum atomic E-state index is -1.01. The first kappa shape index (κ1) is 22.5. The van der Waals surface area contributed by atoms with E-state index in [1.807, 2.05) is 0 Å². The Hall–Kier alpha value is -3.66. The Bertz CT molecular complexity index is 1190. The maximum atomic E-state index is 14.7. The minimum Gasteiger partial charge on any atom is -0.365 e. The molecule has 10 heteroatoms. The van der Waals surface area contributed by atoms with Gasteiger partial charge in [0.2, 0.25) is 0 Å². The zero-order chi connectivity index (χ0) is 23.5. The maximum Gasteiger partial charge on any atom is 0.252 e. The number of hydrogen-bond donors (Lipinski definition) is 4. The highest BCUT2D eigenvalue weighted by Crippen LogP contribution is 2.29. The number of benzene rings is 1. The van der Waals surface area contributed by atoms with Gasteiger partial charge in [0.15, 0.2) is 23.3 Å². The number of anilines is 3. The van der Waals surface area contributed by atoms with Crippen molar-refractivity contribution in [3.63, 3.8) is 0 Å². The van der Waals surface area contributed by atoms with E-state index >= 15 is 0 Å². The molecule has 1 amide bonds. The number of carbonyl (C=O) groups excluding carboxylic acids is 1. The van der Waals surface area contributed by atoms with Gasteiger partial charge in [-0.3, -0.25) is 9.78 Å². The summed E-state index contributed by atoms with van der Waals surface area (Å²) in [6.45, 7) is 0. The number of rotatable bonds is 6. The Morgan fingerprint density at radius 2 is 1.82 bits per heavy atom. The van der Waals surface area contributed by atoms with Crippen molar-refractivity contribution in [1.82, 2.24) is 9.97 Å². The lowest BCUT2D eigenvalue weighted by Crippen LogP contribution is -2.43. The lowest BCUT2D eigenvalue weighted by molar-refractivity contribution is 0.100. The number of hydrogen-bond acceptors (Lipinski definition) is 6. The van der Waals surface area contributed by atoms with Gasteiger partial charge in [0.25, 0.3) is 5.91 Å². The molecule has 1 aromatic carbocycles. The van der Waals surface area contributed by atoms with Gasteiger partial charge < -0.3 is 22.1 Å². The number of carbonyl (C=O) groups is 1. The van der Waals surface area contributed by atoms with Gasteiger partial charge in [0.05, 0.1) is 17.4 Å². The Morgan fingerprint density at radius 3 is 2.58 bits per heavy atom. The fraction of sp³-hybridized carbons (Fsp3) is 0.261. The summed E-state index contributed by atoms with van der Waals surface area (Å²) in [7, 11) is 0. The number of pyridine rings is 2. The van der Waals surface area contributed by atoms with Gasteiger partial charge in [-0.1, -0.05) is 25.0 Å². The van der Waals surface area contributed by atoms with Gasteiger partial charge in [-0.2, -0.15) is 0 Å². The molecular weight excluding hydrogens is 433 g/mol. The van der Waals surface area contributed by atoms with Crippen LogP contribution in [0, 0.1) is 17.5 Å². The summed E-state index contributed by atoms with van der Waals surface area (Å²) in [6, 6.07) is 6.02. The van der Waals surface area contributed by atoms with Crippen molar-refractivity contribution < 1.29 is 18.0 Å². The van der Waals surface area contributed by atoms with E-state index in [0.29, 0.717) is 11.3 Å². The highest BCUT2D eigenvalue weighted by atomic mass is 19.2. The molecule has 0 radical (unpaired) electrons. The zero-order valence-electron chi connectivity index (χ0n) is 17.6. The molecule has 2 aromatic heterocycles. The average molecular weight is 456 g/mol. The molecule has 2 heterocycles. The number of nitrogens with two attached hydrogens (primary N) is 2. The van der Waals surface area contributed by atoms with Crippen molar-refractivity contribution >= 4 is 23.2 Å². The predicted octanol–water partition coefficient (Wildman–Crippen LogP) is 4.09. The number of nitrogens with zero attached hydrogens (tertiary/aromatic N) is 2. The third kappa shape index (κ3) is 4.90. The van der Waals surface area contributed by atoms with Crippen LogP contribution in [0.3, 0.4) is 0 Å². The van der Waals surface area contributed by atoms with Crippen LogP contribution < -0.4 is 22.1 Å². The highest BCUT2D eigenvalue weighted by Gasteiger charge is 2.24. The van der Waals surface area contributed by atoms with E-state index < -0.39 is 23.4 Å². The second-order valence-electron chi connectivity index (χ2n) is 7.97. The SMILES string of the molecule is NC(=O)c1cc(F)c(NC2CCCC[C@@H]2N)nc1Nc1cncc(-c2cccc(F)c2F)c1. The molecule has 4 rings (SSSR count). The van der Waals surface area contributed by atoms with Crippen LogP contribution >= 0.6 is 0 Å². The quantitative estimate of drug-likeness (QED) is 0.444. The topological polar surface area (TPSA) is 119 Å². The summed E-state index contributed by atoms with van der Waals surface area (Å²) < 4.78 is 42.5. The summed E-state index contributed by atoms with van der Waals surface area (Å²) in [5.74, 6) is -3.69. The molecule has 0 spiro atoms. The number of aromatic nitrogens is 2. The molecule has 6 N–H and O–H groups in total. The molecule has 0 aliphatic heterocycles. The average Bonchev–Trinajstić information content (AvgIpc) is 2.79. The first-order chi connectivity index (χ1) is 15.8. The predicted molar refractivity (Wildman–Crippen MR) is 119 cm³/mol. The second kappa shape index (κ2) is 9.45. The van der Waals surface area contributed by atoms with Crippen LogP contribution in [0.15, 0.2) is 42.7 Å². The first-order valence-corrected chi connectivity index (χ1v) is 10.5. The van der Waals surface area contributed by atoms with Gasteiger partial charge in [-0.05, 0) is 31.0 Å². The molecular formula is C23H23F3N6O. The third-order valence-electron chi connectivity index (χ3n) is 5.65. The van der Waals surface area contributed by atoms with E-state index in [2.05, 4.69) is 20.6 Å². The van der Waals surface area contributed by atoms with Crippen LogP contribution in [0.1, 0.15) is 36.0 Å². The van der Waals surface area contributed by atoms with E-state index in [0.717, 1.165) is 37.8 Å². The molecule has 0 saturated heterocycles. The number of amides is 1. The Balaban J connectivity index is 1.67. The van der Waals surface area contributed by atoms with E-state index in [9.17, 15) is 18.0 Å². The van der Waals surface area contributed by atoms with Crippen LogP contribution in [0.25, 0.3) is 11.1 Å². The molecule has 172 valence electrons. The Kier molecular flexibility index (Phi) is 6.45. The normalized spacial score (nSPS) is 18.1. The summed E-state index contributed by atoms with van der Waals surface area (Å²) in [4.78, 5) is 20.2.